The van der Waals surface area contributed by atoms with E-state index in [1.54, 1.807) is 12.1 Å². The molecular formula is C18H20N2O4. The summed E-state index contributed by atoms with van der Waals surface area (Å²) in [7, 11) is 0. The van der Waals surface area contributed by atoms with Gasteiger partial charge in [-0.2, -0.15) is 0 Å². The summed E-state index contributed by atoms with van der Waals surface area (Å²) in [6, 6.07) is 14.9. The fourth-order valence-corrected chi connectivity index (χ4v) is 2.37. The molecule has 1 atom stereocenters. The lowest BCUT2D eigenvalue weighted by atomic mass is 10.1. The number of carbonyl (C=O) groups excluding carboxylic acids is 1. The van der Waals surface area contributed by atoms with Gasteiger partial charge in [-0.15, -0.1) is 0 Å². The molecule has 2 amide bonds. The first kappa shape index (κ1) is 16.0. The quantitative estimate of drug-likeness (QED) is 0.800. The second kappa shape index (κ2) is 7.59. The highest BCUT2D eigenvalue weighted by atomic mass is 16.7. The first-order chi connectivity index (χ1) is 11.7. The molecule has 0 aromatic heterocycles. The van der Waals surface area contributed by atoms with Crippen LogP contribution in [0.25, 0.3) is 0 Å². The van der Waals surface area contributed by atoms with Crippen molar-refractivity contribution < 1.29 is 19.0 Å². The Balaban J connectivity index is 1.38. The number of ether oxygens (including phenoxy) is 3. The van der Waals surface area contributed by atoms with E-state index in [1.165, 1.54) is 0 Å². The molecule has 0 aliphatic carbocycles. The van der Waals surface area contributed by atoms with E-state index < -0.39 is 0 Å². The molecule has 3 rings (SSSR count). The highest BCUT2D eigenvalue weighted by Gasteiger charge is 2.13. The second-order valence-electron chi connectivity index (χ2n) is 5.40. The molecule has 0 bridgehead atoms. The van der Waals surface area contributed by atoms with Gasteiger partial charge in [0, 0.05) is 6.07 Å². The summed E-state index contributed by atoms with van der Waals surface area (Å²) in [5.74, 6) is 2.07. The molecule has 1 aliphatic rings. The van der Waals surface area contributed by atoms with Gasteiger partial charge in [0.2, 0.25) is 6.79 Å². The number of amides is 2. The van der Waals surface area contributed by atoms with E-state index in [0.29, 0.717) is 24.7 Å². The molecular weight excluding hydrogens is 308 g/mol. The number of hydrogen-bond donors (Lipinski definition) is 2. The summed E-state index contributed by atoms with van der Waals surface area (Å²) in [6.07, 6.45) is 0. The fourth-order valence-electron chi connectivity index (χ4n) is 2.37. The molecule has 1 aliphatic heterocycles. The minimum Gasteiger partial charge on any atom is -0.492 e. The Hall–Kier alpha value is -2.89. The predicted molar refractivity (Wildman–Crippen MR) is 89.5 cm³/mol. The summed E-state index contributed by atoms with van der Waals surface area (Å²) < 4.78 is 16.1. The van der Waals surface area contributed by atoms with Crippen molar-refractivity contribution >= 4 is 6.03 Å². The lowest BCUT2D eigenvalue weighted by Gasteiger charge is -2.15. The largest absolute Gasteiger partial charge is 0.492 e. The van der Waals surface area contributed by atoms with Gasteiger partial charge in [0.05, 0.1) is 12.6 Å². The van der Waals surface area contributed by atoms with Crippen molar-refractivity contribution in [2.45, 2.75) is 13.0 Å². The van der Waals surface area contributed by atoms with Gasteiger partial charge in [0.25, 0.3) is 0 Å². The van der Waals surface area contributed by atoms with Gasteiger partial charge in [0.15, 0.2) is 11.5 Å². The number of carbonyl (C=O) groups is 1. The van der Waals surface area contributed by atoms with Gasteiger partial charge >= 0.3 is 6.03 Å². The van der Waals surface area contributed by atoms with Crippen molar-refractivity contribution in [1.29, 1.82) is 0 Å². The number of benzene rings is 2. The summed E-state index contributed by atoms with van der Waals surface area (Å²) in [4.78, 5) is 11.9. The minimum atomic E-state index is -0.222. The Kier molecular flexibility index (Phi) is 5.05. The second-order valence-corrected chi connectivity index (χ2v) is 5.40. The SMILES string of the molecule is C[C@H](NC(=O)NCCOc1ccc2c(c1)OCO2)c1ccccc1. The maximum absolute atomic E-state index is 11.9. The van der Waals surface area contributed by atoms with Crippen molar-refractivity contribution in [3.8, 4) is 17.2 Å². The lowest BCUT2D eigenvalue weighted by Crippen LogP contribution is -2.38. The molecule has 0 fully saturated rings. The highest BCUT2D eigenvalue weighted by Crippen LogP contribution is 2.34. The Bertz CT molecular complexity index is 691. The number of rotatable bonds is 6. The first-order valence-corrected chi connectivity index (χ1v) is 7.84. The molecule has 126 valence electrons. The zero-order valence-corrected chi connectivity index (χ0v) is 13.5. The van der Waals surface area contributed by atoms with E-state index in [2.05, 4.69) is 10.6 Å². The van der Waals surface area contributed by atoms with Crippen molar-refractivity contribution in [2.75, 3.05) is 19.9 Å². The van der Waals surface area contributed by atoms with E-state index in [9.17, 15) is 4.79 Å². The van der Waals surface area contributed by atoms with Crippen LogP contribution in [0.15, 0.2) is 48.5 Å². The van der Waals surface area contributed by atoms with Crippen LogP contribution in [0.1, 0.15) is 18.5 Å². The van der Waals surface area contributed by atoms with E-state index in [4.69, 9.17) is 14.2 Å². The van der Waals surface area contributed by atoms with E-state index in [-0.39, 0.29) is 18.9 Å². The Labute approximate surface area is 140 Å². The highest BCUT2D eigenvalue weighted by molar-refractivity contribution is 5.74. The molecule has 1 heterocycles. The molecule has 2 N–H and O–H groups in total. The van der Waals surface area contributed by atoms with Crippen LogP contribution in [-0.2, 0) is 0 Å². The van der Waals surface area contributed by atoms with E-state index in [1.807, 2.05) is 43.3 Å². The van der Waals surface area contributed by atoms with Crippen molar-refractivity contribution in [1.82, 2.24) is 10.6 Å². The third-order valence-electron chi connectivity index (χ3n) is 3.65. The number of fused-ring (bicyclic) bond motifs is 1. The average Bonchev–Trinajstić information content (AvgIpc) is 3.07. The molecule has 24 heavy (non-hydrogen) atoms. The monoisotopic (exact) mass is 328 g/mol. The van der Waals surface area contributed by atoms with Gasteiger partial charge in [-0.25, -0.2) is 4.79 Å². The average molecular weight is 328 g/mol. The zero-order chi connectivity index (χ0) is 16.8. The Morgan fingerprint density at radius 3 is 2.79 bits per heavy atom. The Morgan fingerprint density at radius 2 is 1.96 bits per heavy atom. The molecule has 0 unspecified atom stereocenters. The Morgan fingerprint density at radius 1 is 1.17 bits per heavy atom. The van der Waals surface area contributed by atoms with Crippen LogP contribution in [0.3, 0.4) is 0 Å². The fraction of sp³-hybridized carbons (Fsp3) is 0.278. The lowest BCUT2D eigenvalue weighted by molar-refractivity contribution is 0.173. The molecule has 2 aromatic carbocycles. The maximum atomic E-state index is 11.9. The van der Waals surface area contributed by atoms with Crippen LogP contribution in [0.5, 0.6) is 17.2 Å². The molecule has 0 saturated heterocycles. The topological polar surface area (TPSA) is 68.8 Å². The number of urea groups is 1. The molecule has 0 saturated carbocycles. The summed E-state index contributed by atoms with van der Waals surface area (Å²) in [5.41, 5.74) is 1.06. The van der Waals surface area contributed by atoms with Crippen LogP contribution >= 0.6 is 0 Å². The maximum Gasteiger partial charge on any atom is 0.315 e. The predicted octanol–water partition coefficient (Wildman–Crippen LogP) is 2.85. The van der Waals surface area contributed by atoms with Crippen LogP contribution in [0.4, 0.5) is 4.79 Å². The van der Waals surface area contributed by atoms with Gasteiger partial charge in [-0.1, -0.05) is 30.3 Å². The van der Waals surface area contributed by atoms with Gasteiger partial charge in [-0.3, -0.25) is 0 Å². The van der Waals surface area contributed by atoms with Crippen molar-refractivity contribution in [2.24, 2.45) is 0 Å². The van der Waals surface area contributed by atoms with Crippen LogP contribution < -0.4 is 24.8 Å². The van der Waals surface area contributed by atoms with Gasteiger partial charge in [0.1, 0.15) is 12.4 Å². The smallest absolute Gasteiger partial charge is 0.315 e. The van der Waals surface area contributed by atoms with Gasteiger partial charge in [-0.05, 0) is 24.6 Å². The molecule has 6 nitrogen and oxygen atoms in total. The van der Waals surface area contributed by atoms with E-state index >= 15 is 0 Å². The minimum absolute atomic E-state index is 0.0546. The van der Waals surface area contributed by atoms with Crippen molar-refractivity contribution in [3.63, 3.8) is 0 Å². The standard InChI is InChI=1S/C18H20N2O4/c1-13(14-5-3-2-4-6-14)20-18(21)19-9-10-22-15-7-8-16-17(11-15)24-12-23-16/h2-8,11,13H,9-10,12H2,1H3,(H2,19,20,21)/t13-/m0/s1. The molecule has 0 spiro atoms. The number of nitrogens with one attached hydrogen (secondary N) is 2. The number of hydrogen-bond acceptors (Lipinski definition) is 4. The molecule has 0 radical (unpaired) electrons. The zero-order valence-electron chi connectivity index (χ0n) is 13.5. The molecule has 2 aromatic rings. The third kappa shape index (κ3) is 4.10. The van der Waals surface area contributed by atoms with Crippen LogP contribution in [0, 0.1) is 0 Å². The third-order valence-corrected chi connectivity index (χ3v) is 3.65. The van der Waals surface area contributed by atoms with E-state index in [0.717, 1.165) is 11.3 Å². The van der Waals surface area contributed by atoms with Crippen molar-refractivity contribution in [3.05, 3.63) is 54.1 Å². The summed E-state index contributed by atoms with van der Waals surface area (Å²) >= 11 is 0. The molecule has 6 heteroatoms. The normalized spacial score (nSPS) is 13.2. The van der Waals surface area contributed by atoms with Gasteiger partial charge < -0.3 is 24.8 Å². The summed E-state index contributed by atoms with van der Waals surface area (Å²) in [6.45, 7) is 2.95. The van der Waals surface area contributed by atoms with Crippen LogP contribution in [-0.4, -0.2) is 26.0 Å². The summed E-state index contributed by atoms with van der Waals surface area (Å²) in [5, 5.41) is 5.66. The first-order valence-electron chi connectivity index (χ1n) is 7.84. The van der Waals surface area contributed by atoms with Crippen LogP contribution in [0.2, 0.25) is 0 Å².